The molecule has 1 heterocycles. The van der Waals surface area contributed by atoms with Crippen molar-refractivity contribution in [2.45, 2.75) is 30.7 Å². The van der Waals surface area contributed by atoms with E-state index in [1.807, 2.05) is 0 Å². The van der Waals surface area contributed by atoms with Crippen molar-refractivity contribution in [3.63, 3.8) is 0 Å². The minimum Gasteiger partial charge on any atom is -0.394 e. The topological polar surface area (TPSA) is 186 Å². The van der Waals surface area contributed by atoms with Crippen molar-refractivity contribution < 1.29 is 54.0 Å². The van der Waals surface area contributed by atoms with Crippen LogP contribution in [0.2, 0.25) is 0 Å². The summed E-state index contributed by atoms with van der Waals surface area (Å²) in [6, 6.07) is 0. The minimum absolute atomic E-state index is 0.272. The molecule has 0 aromatic rings. The van der Waals surface area contributed by atoms with Crippen LogP contribution in [0.3, 0.4) is 0 Å². The molecular weight excluding hydrogens is 364 g/mol. The molecule has 0 unspecified atom stereocenters. The van der Waals surface area contributed by atoms with E-state index >= 15 is 0 Å². The van der Waals surface area contributed by atoms with Crippen molar-refractivity contribution in [1.29, 1.82) is 0 Å². The lowest BCUT2D eigenvalue weighted by molar-refractivity contribution is -0.282. The molecule has 1 saturated heterocycles. The summed E-state index contributed by atoms with van der Waals surface area (Å²) in [5.41, 5.74) is 0. The molecule has 0 aromatic heterocycles. The molecule has 1 fully saturated rings. The molecule has 1 aliphatic heterocycles. The smallest absolute Gasteiger partial charge is 0.394 e. The van der Waals surface area contributed by atoms with Gasteiger partial charge in [-0.3, -0.25) is 9.11 Å². The van der Waals surface area contributed by atoms with Gasteiger partial charge in [0.05, 0.1) is 13.2 Å². The summed E-state index contributed by atoms with van der Waals surface area (Å²) >= 11 is 0. The molecule has 0 aliphatic carbocycles. The van der Waals surface area contributed by atoms with Crippen molar-refractivity contribution in [2.24, 2.45) is 0 Å². The summed E-state index contributed by atoms with van der Waals surface area (Å²) in [6.45, 7) is 2.17. The Kier molecular flexibility index (Phi) is 7.02. The normalized spacial score (nSPS) is 32.6. The zero-order valence-electron chi connectivity index (χ0n) is 11.5. The van der Waals surface area contributed by atoms with Crippen LogP contribution in [-0.4, -0.2) is 80.1 Å². The number of aliphatic hydroxyl groups is 2. The van der Waals surface area contributed by atoms with Gasteiger partial charge < -0.3 is 19.7 Å². The van der Waals surface area contributed by atoms with Crippen LogP contribution in [0, 0.1) is 0 Å². The molecule has 1 aliphatic rings. The van der Waals surface area contributed by atoms with E-state index in [4.69, 9.17) is 23.7 Å². The molecule has 5 atom stereocenters. The predicted molar refractivity (Wildman–Crippen MR) is 70.7 cm³/mol. The minimum atomic E-state index is -5.08. The average molecular weight is 380 g/mol. The van der Waals surface area contributed by atoms with Crippen molar-refractivity contribution >= 4 is 20.8 Å². The third kappa shape index (κ3) is 6.38. The number of aliphatic hydroxyl groups excluding tert-OH is 2. The number of hydrogen-bond acceptors (Lipinski definition) is 10. The predicted octanol–water partition coefficient (Wildman–Crippen LogP) is -2.36. The van der Waals surface area contributed by atoms with Gasteiger partial charge in [-0.15, -0.1) is 6.58 Å². The third-order valence-corrected chi connectivity index (χ3v) is 3.59. The van der Waals surface area contributed by atoms with Crippen LogP contribution in [0.15, 0.2) is 12.7 Å². The summed E-state index contributed by atoms with van der Waals surface area (Å²) < 4.78 is 79.3. The number of ether oxygens (including phenoxy) is 2. The van der Waals surface area contributed by atoms with Crippen LogP contribution in [0.25, 0.3) is 0 Å². The Morgan fingerprint density at radius 2 is 1.57 bits per heavy atom. The SMILES string of the molecule is C=CCO[C@@H]1[C@H](OS(=O)(=O)O)[C@@H](O)O[C@H](CO)[C@H]1OS(=O)(=O)O. The van der Waals surface area contributed by atoms with Crippen LogP contribution in [-0.2, 0) is 38.6 Å². The summed E-state index contributed by atoms with van der Waals surface area (Å²) in [5, 5.41) is 18.9. The van der Waals surface area contributed by atoms with Crippen molar-refractivity contribution in [3.8, 4) is 0 Å². The molecule has 0 bridgehead atoms. The van der Waals surface area contributed by atoms with E-state index in [2.05, 4.69) is 14.9 Å². The molecule has 0 aromatic carbocycles. The standard InChI is InChI=1S/C9H16O12S2/c1-2-3-18-7-6(20-22(12,13)14)5(4-10)19-9(11)8(7)21-23(15,16)17/h2,5-11H,1,3-4H2,(H,12,13,14)(H,15,16,17)/t5-,6-,7+,8+,9+/m1/s1. The van der Waals surface area contributed by atoms with Gasteiger partial charge in [-0.2, -0.15) is 16.8 Å². The molecular formula is C9H16O12S2. The molecule has 0 amide bonds. The van der Waals surface area contributed by atoms with Crippen molar-refractivity contribution in [1.82, 2.24) is 0 Å². The molecule has 14 heteroatoms. The van der Waals surface area contributed by atoms with Crippen LogP contribution in [0.5, 0.6) is 0 Å². The van der Waals surface area contributed by atoms with Gasteiger partial charge in [0, 0.05) is 0 Å². The Balaban J connectivity index is 3.19. The second-order valence-electron chi connectivity index (χ2n) is 4.31. The molecule has 136 valence electrons. The second kappa shape index (κ2) is 7.93. The zero-order valence-corrected chi connectivity index (χ0v) is 13.1. The first-order valence-corrected chi connectivity index (χ1v) is 8.70. The maximum absolute atomic E-state index is 10.9. The molecule has 12 nitrogen and oxygen atoms in total. The first-order chi connectivity index (χ1) is 10.5. The fourth-order valence-corrected chi connectivity index (χ4v) is 2.91. The third-order valence-electron chi connectivity index (χ3n) is 2.66. The highest BCUT2D eigenvalue weighted by Crippen LogP contribution is 2.28. The highest BCUT2D eigenvalue weighted by molar-refractivity contribution is 7.81. The number of hydrogen-bond donors (Lipinski definition) is 4. The Morgan fingerprint density at radius 1 is 1.04 bits per heavy atom. The first-order valence-electron chi connectivity index (χ1n) is 5.96. The van der Waals surface area contributed by atoms with Gasteiger partial charge in [-0.1, -0.05) is 6.08 Å². The van der Waals surface area contributed by atoms with Gasteiger partial charge in [-0.25, -0.2) is 8.37 Å². The van der Waals surface area contributed by atoms with E-state index in [1.54, 1.807) is 0 Å². The van der Waals surface area contributed by atoms with Crippen LogP contribution >= 0.6 is 0 Å². The molecule has 1 rings (SSSR count). The highest BCUT2D eigenvalue weighted by atomic mass is 32.3. The Labute approximate surface area is 132 Å². The average Bonchev–Trinajstić information content (AvgIpc) is 2.38. The van der Waals surface area contributed by atoms with Gasteiger partial charge in [0.2, 0.25) is 0 Å². The lowest BCUT2D eigenvalue weighted by Crippen LogP contribution is -2.61. The van der Waals surface area contributed by atoms with Gasteiger partial charge in [0.25, 0.3) is 0 Å². The van der Waals surface area contributed by atoms with Crippen LogP contribution in [0.4, 0.5) is 0 Å². The van der Waals surface area contributed by atoms with E-state index in [-0.39, 0.29) is 6.61 Å². The van der Waals surface area contributed by atoms with Gasteiger partial charge >= 0.3 is 20.8 Å². The molecule has 0 radical (unpaired) electrons. The summed E-state index contributed by atoms with van der Waals surface area (Å²) in [5.74, 6) is 0. The van der Waals surface area contributed by atoms with Gasteiger partial charge in [-0.05, 0) is 0 Å². The Hall–Kier alpha value is -0.680. The maximum Gasteiger partial charge on any atom is 0.397 e. The van der Waals surface area contributed by atoms with Crippen LogP contribution < -0.4 is 0 Å². The van der Waals surface area contributed by atoms with E-state index in [1.165, 1.54) is 6.08 Å². The van der Waals surface area contributed by atoms with Crippen molar-refractivity contribution in [2.75, 3.05) is 13.2 Å². The van der Waals surface area contributed by atoms with Gasteiger partial charge in [0.15, 0.2) is 12.4 Å². The fraction of sp³-hybridized carbons (Fsp3) is 0.778. The molecule has 0 saturated carbocycles. The van der Waals surface area contributed by atoms with Gasteiger partial charge in [0.1, 0.15) is 18.3 Å². The second-order valence-corrected chi connectivity index (χ2v) is 6.41. The lowest BCUT2D eigenvalue weighted by atomic mass is 9.99. The van der Waals surface area contributed by atoms with Crippen molar-refractivity contribution in [3.05, 3.63) is 12.7 Å². The maximum atomic E-state index is 10.9. The summed E-state index contributed by atoms with van der Waals surface area (Å²) in [4.78, 5) is 0. The first kappa shape index (κ1) is 20.4. The van der Waals surface area contributed by atoms with E-state index < -0.39 is 58.1 Å². The summed E-state index contributed by atoms with van der Waals surface area (Å²) in [6.07, 6.45) is -7.74. The Morgan fingerprint density at radius 3 is 2.00 bits per heavy atom. The molecule has 4 N–H and O–H groups in total. The Bertz CT molecular complexity index is 598. The fourth-order valence-electron chi connectivity index (χ4n) is 1.91. The zero-order chi connectivity index (χ0) is 17.8. The lowest BCUT2D eigenvalue weighted by Gasteiger charge is -2.42. The largest absolute Gasteiger partial charge is 0.397 e. The highest BCUT2D eigenvalue weighted by Gasteiger charge is 2.50. The molecule has 0 spiro atoms. The monoisotopic (exact) mass is 380 g/mol. The quantitative estimate of drug-likeness (QED) is 0.260. The number of rotatable bonds is 8. The summed E-state index contributed by atoms with van der Waals surface area (Å²) in [7, 11) is -10.1. The van der Waals surface area contributed by atoms with Crippen LogP contribution in [0.1, 0.15) is 0 Å². The molecule has 23 heavy (non-hydrogen) atoms. The van der Waals surface area contributed by atoms with E-state index in [0.29, 0.717) is 0 Å². The van der Waals surface area contributed by atoms with E-state index in [9.17, 15) is 21.9 Å². The van der Waals surface area contributed by atoms with E-state index in [0.717, 1.165) is 0 Å².